The van der Waals surface area contributed by atoms with Crippen LogP contribution in [0.3, 0.4) is 0 Å². The summed E-state index contributed by atoms with van der Waals surface area (Å²) in [5.41, 5.74) is 1.07. The van der Waals surface area contributed by atoms with Gasteiger partial charge >= 0.3 is 0 Å². The van der Waals surface area contributed by atoms with Crippen LogP contribution in [0.25, 0.3) is 0 Å². The number of nitrogens with one attached hydrogen (secondary N) is 1. The summed E-state index contributed by atoms with van der Waals surface area (Å²) >= 11 is 3.18. The molecular weight excluding hydrogens is 316 g/mol. The zero-order valence-corrected chi connectivity index (χ0v) is 11.6. The van der Waals surface area contributed by atoms with Gasteiger partial charge in [0.25, 0.3) is 5.91 Å². The second-order valence-electron chi connectivity index (χ2n) is 4.04. The summed E-state index contributed by atoms with van der Waals surface area (Å²) in [6.45, 7) is 1.60. The van der Waals surface area contributed by atoms with Crippen molar-refractivity contribution in [3.63, 3.8) is 0 Å². The molecule has 2 rings (SSSR count). The zero-order chi connectivity index (χ0) is 14.0. The first kappa shape index (κ1) is 13.7. The van der Waals surface area contributed by atoms with E-state index < -0.39 is 11.7 Å². The first-order chi connectivity index (χ1) is 8.97. The molecule has 2 aromatic rings. The number of hydrogen-bond donors (Lipinski definition) is 1. The fraction of sp³-hybridized carbons (Fsp3) is 0.0714. The van der Waals surface area contributed by atoms with Crippen LogP contribution in [0.1, 0.15) is 15.9 Å². The van der Waals surface area contributed by atoms with Crippen LogP contribution < -0.4 is 5.32 Å². The molecular formula is C14H10BrF2NO. The lowest BCUT2D eigenvalue weighted by Crippen LogP contribution is -2.13. The second kappa shape index (κ2) is 5.48. The molecule has 1 amide bonds. The molecule has 2 nitrogen and oxygen atoms in total. The number of carbonyl (C=O) groups is 1. The lowest BCUT2D eigenvalue weighted by atomic mass is 10.2. The molecule has 0 radical (unpaired) electrons. The van der Waals surface area contributed by atoms with E-state index in [1.165, 1.54) is 30.3 Å². The smallest absolute Gasteiger partial charge is 0.256 e. The number of rotatable bonds is 2. The molecule has 0 heterocycles. The van der Waals surface area contributed by atoms with Crippen LogP contribution in [0, 0.1) is 18.6 Å². The van der Waals surface area contributed by atoms with Crippen LogP contribution in [-0.4, -0.2) is 5.91 Å². The SMILES string of the molecule is Cc1cc(NC(=O)c2cc(F)ccc2Br)ccc1F. The molecule has 0 bridgehead atoms. The lowest BCUT2D eigenvalue weighted by molar-refractivity contribution is 0.102. The van der Waals surface area contributed by atoms with Gasteiger partial charge in [0, 0.05) is 10.2 Å². The molecule has 0 saturated heterocycles. The average Bonchev–Trinajstić information content (AvgIpc) is 2.36. The summed E-state index contributed by atoms with van der Waals surface area (Å²) in [5.74, 6) is -1.30. The van der Waals surface area contributed by atoms with Crippen LogP contribution in [0.15, 0.2) is 40.9 Å². The quantitative estimate of drug-likeness (QED) is 0.876. The van der Waals surface area contributed by atoms with Crippen molar-refractivity contribution >= 4 is 27.5 Å². The van der Waals surface area contributed by atoms with E-state index in [1.54, 1.807) is 6.92 Å². The Morgan fingerprint density at radius 2 is 1.89 bits per heavy atom. The van der Waals surface area contributed by atoms with Gasteiger partial charge < -0.3 is 5.32 Å². The van der Waals surface area contributed by atoms with Crippen molar-refractivity contribution in [1.29, 1.82) is 0 Å². The van der Waals surface area contributed by atoms with E-state index in [1.807, 2.05) is 0 Å². The number of aryl methyl sites for hydroxylation is 1. The Morgan fingerprint density at radius 3 is 2.58 bits per heavy atom. The third-order valence-corrected chi connectivity index (χ3v) is 3.28. The van der Waals surface area contributed by atoms with Crippen LogP contribution in [-0.2, 0) is 0 Å². The Kier molecular flexibility index (Phi) is 3.95. The molecule has 0 spiro atoms. The zero-order valence-electron chi connectivity index (χ0n) is 10.0. The first-order valence-electron chi connectivity index (χ1n) is 5.50. The largest absolute Gasteiger partial charge is 0.322 e. The highest BCUT2D eigenvalue weighted by atomic mass is 79.9. The molecule has 5 heteroatoms. The molecule has 0 unspecified atom stereocenters. The van der Waals surface area contributed by atoms with Crippen molar-refractivity contribution in [2.75, 3.05) is 5.32 Å². The van der Waals surface area contributed by atoms with Crippen molar-refractivity contribution in [2.24, 2.45) is 0 Å². The number of carbonyl (C=O) groups excluding carboxylic acids is 1. The second-order valence-corrected chi connectivity index (χ2v) is 4.90. The molecule has 0 atom stereocenters. The number of halogens is 3. The molecule has 0 aliphatic rings. The molecule has 0 aromatic heterocycles. The van der Waals surface area contributed by atoms with E-state index in [0.29, 0.717) is 15.7 Å². The third-order valence-electron chi connectivity index (χ3n) is 2.59. The molecule has 0 aliphatic carbocycles. The predicted octanol–water partition coefficient (Wildman–Crippen LogP) is 4.29. The highest BCUT2D eigenvalue weighted by molar-refractivity contribution is 9.10. The Hall–Kier alpha value is -1.75. The number of benzene rings is 2. The maximum absolute atomic E-state index is 13.1. The van der Waals surface area contributed by atoms with Crippen LogP contribution in [0.5, 0.6) is 0 Å². The monoisotopic (exact) mass is 325 g/mol. The first-order valence-corrected chi connectivity index (χ1v) is 6.29. The summed E-state index contributed by atoms with van der Waals surface area (Å²) in [6, 6.07) is 8.08. The van der Waals surface area contributed by atoms with E-state index in [-0.39, 0.29) is 11.4 Å². The summed E-state index contributed by atoms with van der Waals surface area (Å²) < 4.78 is 26.7. The molecule has 0 saturated carbocycles. The number of amides is 1. The van der Waals surface area contributed by atoms with Gasteiger partial charge in [0.05, 0.1) is 5.56 Å². The molecule has 1 N–H and O–H groups in total. The van der Waals surface area contributed by atoms with E-state index in [4.69, 9.17) is 0 Å². The normalized spacial score (nSPS) is 10.3. The van der Waals surface area contributed by atoms with Gasteiger partial charge in [0.1, 0.15) is 11.6 Å². The van der Waals surface area contributed by atoms with E-state index >= 15 is 0 Å². The minimum Gasteiger partial charge on any atom is -0.322 e. The molecule has 2 aromatic carbocycles. The van der Waals surface area contributed by atoms with Gasteiger partial charge in [-0.15, -0.1) is 0 Å². The van der Waals surface area contributed by atoms with Crippen LogP contribution in [0.4, 0.5) is 14.5 Å². The highest BCUT2D eigenvalue weighted by Crippen LogP contribution is 2.20. The minimum atomic E-state index is -0.497. The van der Waals surface area contributed by atoms with Crippen molar-refractivity contribution in [3.05, 3.63) is 63.6 Å². The van der Waals surface area contributed by atoms with E-state index in [2.05, 4.69) is 21.2 Å². The van der Waals surface area contributed by atoms with E-state index in [0.717, 1.165) is 6.07 Å². The Labute approximate surface area is 117 Å². The summed E-state index contributed by atoms with van der Waals surface area (Å²) in [5, 5.41) is 2.59. The Bertz CT molecular complexity index is 643. The van der Waals surface area contributed by atoms with Crippen molar-refractivity contribution in [2.45, 2.75) is 6.92 Å². The maximum Gasteiger partial charge on any atom is 0.256 e. The van der Waals surface area contributed by atoms with Crippen molar-refractivity contribution in [3.8, 4) is 0 Å². The molecule has 98 valence electrons. The average molecular weight is 326 g/mol. The minimum absolute atomic E-state index is 0.182. The lowest BCUT2D eigenvalue weighted by Gasteiger charge is -2.08. The van der Waals surface area contributed by atoms with Gasteiger partial charge in [-0.05, 0) is 64.8 Å². The molecule has 0 fully saturated rings. The summed E-state index contributed by atoms with van der Waals surface area (Å²) in [4.78, 5) is 12.0. The standard InChI is InChI=1S/C14H10BrF2NO/c1-8-6-10(3-5-13(8)17)18-14(19)11-7-9(16)2-4-12(11)15/h2-7H,1H3,(H,18,19). The van der Waals surface area contributed by atoms with Crippen molar-refractivity contribution in [1.82, 2.24) is 0 Å². The molecule has 19 heavy (non-hydrogen) atoms. The van der Waals surface area contributed by atoms with Crippen molar-refractivity contribution < 1.29 is 13.6 Å². The highest BCUT2D eigenvalue weighted by Gasteiger charge is 2.12. The number of anilines is 1. The fourth-order valence-electron chi connectivity index (χ4n) is 1.59. The predicted molar refractivity (Wildman–Crippen MR) is 73.2 cm³/mol. The topological polar surface area (TPSA) is 29.1 Å². The Balaban J connectivity index is 2.25. The fourth-order valence-corrected chi connectivity index (χ4v) is 2.02. The maximum atomic E-state index is 13.1. The molecule has 0 aliphatic heterocycles. The van der Waals surface area contributed by atoms with Gasteiger partial charge in [0.15, 0.2) is 0 Å². The van der Waals surface area contributed by atoms with Gasteiger partial charge in [-0.2, -0.15) is 0 Å². The Morgan fingerprint density at radius 1 is 1.16 bits per heavy atom. The third kappa shape index (κ3) is 3.17. The number of hydrogen-bond acceptors (Lipinski definition) is 1. The van der Waals surface area contributed by atoms with Crippen LogP contribution >= 0.6 is 15.9 Å². The van der Waals surface area contributed by atoms with Crippen LogP contribution in [0.2, 0.25) is 0 Å². The van der Waals surface area contributed by atoms with Gasteiger partial charge in [-0.3, -0.25) is 4.79 Å². The van der Waals surface area contributed by atoms with Gasteiger partial charge in [-0.1, -0.05) is 0 Å². The summed E-state index contributed by atoms with van der Waals surface area (Å²) in [6.07, 6.45) is 0. The van der Waals surface area contributed by atoms with Gasteiger partial charge in [0.2, 0.25) is 0 Å². The van der Waals surface area contributed by atoms with Gasteiger partial charge in [-0.25, -0.2) is 8.78 Å². The summed E-state index contributed by atoms with van der Waals surface area (Å²) in [7, 11) is 0. The van der Waals surface area contributed by atoms with E-state index in [9.17, 15) is 13.6 Å².